The van der Waals surface area contributed by atoms with Gasteiger partial charge in [-0.15, -0.1) is 0 Å². The van der Waals surface area contributed by atoms with Crippen molar-refractivity contribution in [1.29, 1.82) is 0 Å². The van der Waals surface area contributed by atoms with Crippen LogP contribution in [0.3, 0.4) is 0 Å². The molecular weight excluding hydrogens is 452 g/mol. The summed E-state index contributed by atoms with van der Waals surface area (Å²) in [4.78, 5) is 13.1. The maximum absolute atomic E-state index is 12.5. The van der Waals surface area contributed by atoms with Crippen molar-refractivity contribution in [3.63, 3.8) is 0 Å². The molecule has 0 aromatic heterocycles. The predicted octanol–water partition coefficient (Wildman–Crippen LogP) is 5.41. The average Bonchev–Trinajstić information content (AvgIpc) is 3.05. The number of carbonyl (C=O) groups is 1. The minimum atomic E-state index is -0.220. The third kappa shape index (κ3) is 5.48. The molecule has 0 radical (unpaired) electrons. The first kappa shape index (κ1) is 21.6. The van der Waals surface area contributed by atoms with Crippen molar-refractivity contribution in [2.45, 2.75) is 32.7 Å². The molecule has 1 aliphatic rings. The zero-order chi connectivity index (χ0) is 20.8. The van der Waals surface area contributed by atoms with Gasteiger partial charge in [0.1, 0.15) is 11.5 Å². The molecule has 1 atom stereocenters. The molecule has 2 aromatic rings. The van der Waals surface area contributed by atoms with Crippen molar-refractivity contribution in [2.75, 3.05) is 18.5 Å². The van der Waals surface area contributed by atoms with E-state index in [1.54, 1.807) is 0 Å². The van der Waals surface area contributed by atoms with Gasteiger partial charge in [0.15, 0.2) is 5.50 Å². The van der Waals surface area contributed by atoms with Gasteiger partial charge < -0.3 is 20.1 Å². The Morgan fingerprint density at radius 1 is 1.10 bits per heavy atom. The number of aryl methyl sites for hydroxylation is 1. The second-order valence-corrected chi connectivity index (χ2v) is 8.36. The second kappa shape index (κ2) is 10.1. The van der Waals surface area contributed by atoms with Crippen LogP contribution in [0.2, 0.25) is 0 Å². The fraction of sp³-hybridized carbons (Fsp3) is 0.318. The molecule has 1 saturated heterocycles. The summed E-state index contributed by atoms with van der Waals surface area (Å²) in [5, 5.41) is 6.31. The highest BCUT2D eigenvalue weighted by Gasteiger charge is 2.27. The lowest BCUT2D eigenvalue weighted by atomic mass is 10.1. The van der Waals surface area contributed by atoms with E-state index in [0.717, 1.165) is 27.9 Å². The number of nitrogens with one attached hydrogen (secondary N) is 2. The quantitative estimate of drug-likeness (QED) is 0.498. The van der Waals surface area contributed by atoms with Crippen LogP contribution < -0.4 is 20.1 Å². The van der Waals surface area contributed by atoms with Crippen LogP contribution >= 0.6 is 27.7 Å². The second-order valence-electron chi connectivity index (χ2n) is 6.36. The van der Waals surface area contributed by atoms with Gasteiger partial charge >= 0.3 is 0 Å². The normalized spacial score (nSPS) is 17.3. The molecule has 1 amide bonds. The van der Waals surface area contributed by atoms with Gasteiger partial charge in [0.25, 0.3) is 5.91 Å². The molecule has 5 nitrogen and oxygen atoms in total. The van der Waals surface area contributed by atoms with E-state index >= 15 is 0 Å². The SMILES string of the molecule is CCOc1cc(OCC)c(/C=C2/S[C@H](Nc3ccc(CC)cc3)NC2=O)cc1Br. The minimum absolute atomic E-state index is 0.106. The molecule has 2 aromatic carbocycles. The Kier molecular flexibility index (Phi) is 7.50. The third-order valence-corrected chi connectivity index (χ3v) is 5.99. The Balaban J connectivity index is 1.79. The third-order valence-electron chi connectivity index (χ3n) is 4.34. The maximum Gasteiger partial charge on any atom is 0.260 e. The number of rotatable bonds is 8. The van der Waals surface area contributed by atoms with Crippen LogP contribution in [-0.2, 0) is 11.2 Å². The van der Waals surface area contributed by atoms with Gasteiger partial charge in [-0.2, -0.15) is 0 Å². The predicted molar refractivity (Wildman–Crippen MR) is 123 cm³/mol. The average molecular weight is 477 g/mol. The van der Waals surface area contributed by atoms with Crippen LogP contribution in [0.4, 0.5) is 5.69 Å². The molecule has 1 aliphatic heterocycles. The Bertz CT molecular complexity index is 900. The molecule has 0 unspecified atom stereocenters. The number of carbonyl (C=O) groups excluding carboxylic acids is 1. The highest BCUT2D eigenvalue weighted by atomic mass is 79.9. The summed E-state index contributed by atoms with van der Waals surface area (Å²) in [6, 6.07) is 12.0. The monoisotopic (exact) mass is 476 g/mol. The Morgan fingerprint density at radius 2 is 1.79 bits per heavy atom. The lowest BCUT2D eigenvalue weighted by Gasteiger charge is -2.13. The van der Waals surface area contributed by atoms with Crippen LogP contribution in [0.25, 0.3) is 6.08 Å². The van der Waals surface area contributed by atoms with E-state index < -0.39 is 0 Å². The highest BCUT2D eigenvalue weighted by Crippen LogP contribution is 2.37. The van der Waals surface area contributed by atoms with Gasteiger partial charge in [0.05, 0.1) is 22.6 Å². The zero-order valence-corrected chi connectivity index (χ0v) is 19.2. The van der Waals surface area contributed by atoms with Crippen LogP contribution in [0.1, 0.15) is 31.9 Å². The van der Waals surface area contributed by atoms with E-state index in [4.69, 9.17) is 9.47 Å². The van der Waals surface area contributed by atoms with E-state index in [1.807, 2.05) is 44.2 Å². The fourth-order valence-electron chi connectivity index (χ4n) is 2.90. The van der Waals surface area contributed by atoms with Crippen molar-refractivity contribution in [3.8, 4) is 11.5 Å². The summed E-state index contributed by atoms with van der Waals surface area (Å²) >= 11 is 4.99. The van der Waals surface area contributed by atoms with Gasteiger partial charge in [-0.3, -0.25) is 4.79 Å². The van der Waals surface area contributed by atoms with Gasteiger partial charge in [0.2, 0.25) is 0 Å². The van der Waals surface area contributed by atoms with Crippen molar-refractivity contribution in [1.82, 2.24) is 5.32 Å². The summed E-state index contributed by atoms with van der Waals surface area (Å²) < 4.78 is 12.2. The lowest BCUT2D eigenvalue weighted by Crippen LogP contribution is -2.30. The van der Waals surface area contributed by atoms with E-state index in [9.17, 15) is 4.79 Å². The van der Waals surface area contributed by atoms with Gasteiger partial charge in [0, 0.05) is 17.3 Å². The summed E-state index contributed by atoms with van der Waals surface area (Å²) in [5.41, 5.74) is 2.86. The fourth-order valence-corrected chi connectivity index (χ4v) is 4.36. The van der Waals surface area contributed by atoms with Crippen LogP contribution in [-0.4, -0.2) is 24.6 Å². The number of anilines is 1. The van der Waals surface area contributed by atoms with Gasteiger partial charge in [-0.25, -0.2) is 0 Å². The van der Waals surface area contributed by atoms with Gasteiger partial charge in [-0.05, 0) is 66.0 Å². The minimum Gasteiger partial charge on any atom is -0.493 e. The van der Waals surface area contributed by atoms with Crippen LogP contribution in [0.5, 0.6) is 11.5 Å². The number of hydrogen-bond acceptors (Lipinski definition) is 5. The molecule has 0 saturated carbocycles. The molecule has 0 spiro atoms. The smallest absolute Gasteiger partial charge is 0.260 e. The molecule has 29 heavy (non-hydrogen) atoms. The first-order valence-electron chi connectivity index (χ1n) is 9.67. The summed E-state index contributed by atoms with van der Waals surface area (Å²) in [6.07, 6.45) is 2.86. The van der Waals surface area contributed by atoms with Crippen molar-refractivity contribution in [2.24, 2.45) is 0 Å². The summed E-state index contributed by atoms with van der Waals surface area (Å²) in [7, 11) is 0. The lowest BCUT2D eigenvalue weighted by molar-refractivity contribution is -0.116. The number of hydrogen-bond donors (Lipinski definition) is 2. The van der Waals surface area contributed by atoms with E-state index in [1.165, 1.54) is 17.3 Å². The summed E-state index contributed by atoms with van der Waals surface area (Å²) in [6.45, 7) is 7.09. The number of amides is 1. The topological polar surface area (TPSA) is 59.6 Å². The number of thioether (sulfide) groups is 1. The van der Waals surface area contributed by atoms with E-state index in [-0.39, 0.29) is 11.4 Å². The number of benzene rings is 2. The van der Waals surface area contributed by atoms with Gasteiger partial charge in [-0.1, -0.05) is 30.8 Å². The van der Waals surface area contributed by atoms with Crippen LogP contribution in [0, 0.1) is 0 Å². The molecule has 7 heteroatoms. The molecule has 154 valence electrons. The van der Waals surface area contributed by atoms with E-state index in [0.29, 0.717) is 23.9 Å². The standard InChI is InChI=1S/C22H25BrN2O3S/c1-4-14-7-9-16(10-8-14)24-22-25-21(26)20(29-22)12-15-11-17(23)19(28-6-3)13-18(15)27-5-2/h7-13,22,24H,4-6H2,1-3H3,(H,25,26)/b20-12+/t22-/m1/s1. The first-order chi connectivity index (χ1) is 14.0. The zero-order valence-electron chi connectivity index (χ0n) is 16.8. The molecule has 1 fully saturated rings. The molecular formula is C22H25BrN2O3S. The Labute approximate surface area is 184 Å². The molecule has 3 rings (SSSR count). The molecule has 2 N–H and O–H groups in total. The van der Waals surface area contributed by atoms with Crippen LogP contribution in [0.15, 0.2) is 45.8 Å². The molecule has 1 heterocycles. The van der Waals surface area contributed by atoms with Crippen molar-refractivity contribution < 1.29 is 14.3 Å². The largest absolute Gasteiger partial charge is 0.493 e. The Morgan fingerprint density at radius 3 is 2.45 bits per heavy atom. The first-order valence-corrected chi connectivity index (χ1v) is 11.3. The van der Waals surface area contributed by atoms with E-state index in [2.05, 4.69) is 45.6 Å². The maximum atomic E-state index is 12.5. The highest BCUT2D eigenvalue weighted by molar-refractivity contribution is 9.10. The molecule has 0 bridgehead atoms. The Hall–Kier alpha value is -2.12. The molecule has 0 aliphatic carbocycles. The van der Waals surface area contributed by atoms with Crippen molar-refractivity contribution >= 4 is 45.4 Å². The number of ether oxygens (including phenoxy) is 2. The number of halogens is 1. The summed E-state index contributed by atoms with van der Waals surface area (Å²) in [5.74, 6) is 1.30. The van der Waals surface area contributed by atoms with Crippen molar-refractivity contribution in [3.05, 3.63) is 56.9 Å².